The summed E-state index contributed by atoms with van der Waals surface area (Å²) < 4.78 is 34.3. The van der Waals surface area contributed by atoms with Gasteiger partial charge in [-0.3, -0.25) is 4.79 Å². The van der Waals surface area contributed by atoms with Gasteiger partial charge in [-0.15, -0.1) is 0 Å². The van der Waals surface area contributed by atoms with Gasteiger partial charge in [-0.2, -0.15) is 0 Å². The van der Waals surface area contributed by atoms with Crippen LogP contribution in [-0.4, -0.2) is 19.6 Å². The average molecular weight is 482 g/mol. The summed E-state index contributed by atoms with van der Waals surface area (Å²) in [6.07, 6.45) is 2.21. The van der Waals surface area contributed by atoms with Crippen molar-refractivity contribution in [3.63, 3.8) is 0 Å². The van der Waals surface area contributed by atoms with E-state index in [0.29, 0.717) is 29.4 Å². The Morgan fingerprint density at radius 2 is 1.70 bits per heavy atom. The maximum absolute atomic E-state index is 13.5. The van der Waals surface area contributed by atoms with Gasteiger partial charge in [0.15, 0.2) is 0 Å². The molecular formula is C26H24ClNO4S. The molecule has 0 radical (unpaired) electrons. The van der Waals surface area contributed by atoms with Crippen molar-refractivity contribution in [2.75, 3.05) is 6.61 Å². The van der Waals surface area contributed by atoms with Crippen molar-refractivity contribution in [3.8, 4) is 5.75 Å². The average Bonchev–Trinajstić information content (AvgIpc) is 2.82. The van der Waals surface area contributed by atoms with Crippen LogP contribution >= 0.6 is 11.6 Å². The monoisotopic (exact) mass is 481 g/mol. The Morgan fingerprint density at radius 1 is 0.970 bits per heavy atom. The number of pyridine rings is 1. The Labute approximate surface area is 198 Å². The molecule has 0 aliphatic heterocycles. The second-order valence-corrected chi connectivity index (χ2v) is 9.98. The largest absolute Gasteiger partial charge is 0.494 e. The fourth-order valence-corrected chi connectivity index (χ4v) is 5.33. The molecule has 5 nitrogen and oxygen atoms in total. The Balaban J connectivity index is 1.96. The van der Waals surface area contributed by atoms with Gasteiger partial charge in [0.2, 0.25) is 15.3 Å². The molecule has 0 aliphatic rings. The van der Waals surface area contributed by atoms with E-state index in [2.05, 4.69) is 0 Å². The second-order valence-electron chi connectivity index (χ2n) is 7.65. The van der Waals surface area contributed by atoms with Crippen molar-refractivity contribution in [3.05, 3.63) is 99.3 Å². The highest BCUT2D eigenvalue weighted by Crippen LogP contribution is 2.26. The van der Waals surface area contributed by atoms with Crippen LogP contribution < -0.4 is 10.2 Å². The van der Waals surface area contributed by atoms with Crippen molar-refractivity contribution >= 4 is 32.3 Å². The van der Waals surface area contributed by atoms with Crippen LogP contribution in [0, 0.1) is 0 Å². The summed E-state index contributed by atoms with van der Waals surface area (Å²) >= 11 is 6.36. The minimum atomic E-state index is -4.04. The maximum atomic E-state index is 13.5. The van der Waals surface area contributed by atoms with Gasteiger partial charge in [0.05, 0.1) is 22.4 Å². The van der Waals surface area contributed by atoms with Crippen molar-refractivity contribution in [2.45, 2.75) is 36.6 Å². The van der Waals surface area contributed by atoms with E-state index in [4.69, 9.17) is 16.3 Å². The third kappa shape index (κ3) is 4.54. The van der Waals surface area contributed by atoms with Gasteiger partial charge >= 0.3 is 0 Å². The number of benzene rings is 3. The van der Waals surface area contributed by atoms with Gasteiger partial charge in [0.25, 0.3) is 0 Å². The highest BCUT2D eigenvalue weighted by Gasteiger charge is 2.24. The fraction of sp³-hybridized carbons (Fsp3) is 0.192. The number of aryl methyl sites for hydroxylation is 1. The SMILES string of the molecule is CCOc1ccc2c(c1)c(=O)c(S(=O)(=O)c1ccc(CC)cc1)cn2Cc1ccccc1Cl. The molecule has 0 amide bonds. The Hall–Kier alpha value is -3.09. The zero-order valence-electron chi connectivity index (χ0n) is 18.4. The molecule has 0 saturated carbocycles. The lowest BCUT2D eigenvalue weighted by molar-refractivity contribution is 0.340. The van der Waals surface area contributed by atoms with Gasteiger partial charge in [0.1, 0.15) is 10.6 Å². The van der Waals surface area contributed by atoms with Gasteiger partial charge in [-0.1, -0.05) is 48.9 Å². The predicted molar refractivity (Wildman–Crippen MR) is 131 cm³/mol. The van der Waals surface area contributed by atoms with Crippen LogP contribution in [0.2, 0.25) is 5.02 Å². The molecule has 0 aliphatic carbocycles. The lowest BCUT2D eigenvalue weighted by Gasteiger charge is -2.16. The molecule has 4 rings (SSSR count). The molecule has 4 aromatic rings. The summed E-state index contributed by atoms with van der Waals surface area (Å²) in [6, 6.07) is 19.1. The molecule has 0 bridgehead atoms. The number of sulfone groups is 1. The molecule has 33 heavy (non-hydrogen) atoms. The number of fused-ring (bicyclic) bond motifs is 1. The number of nitrogens with zero attached hydrogens (tertiary/aromatic N) is 1. The summed E-state index contributed by atoms with van der Waals surface area (Å²) in [6.45, 7) is 4.58. The molecule has 0 unspecified atom stereocenters. The van der Waals surface area contributed by atoms with E-state index in [1.54, 1.807) is 53.1 Å². The van der Waals surface area contributed by atoms with Crippen LogP contribution in [0.3, 0.4) is 0 Å². The van der Waals surface area contributed by atoms with Gasteiger partial charge in [0, 0.05) is 17.8 Å². The lowest BCUT2D eigenvalue weighted by Crippen LogP contribution is -2.20. The van der Waals surface area contributed by atoms with Crippen molar-refractivity contribution in [1.82, 2.24) is 4.57 Å². The van der Waals surface area contributed by atoms with Crippen LogP contribution in [0.4, 0.5) is 0 Å². The van der Waals surface area contributed by atoms with Crippen molar-refractivity contribution < 1.29 is 13.2 Å². The zero-order valence-corrected chi connectivity index (χ0v) is 20.0. The lowest BCUT2D eigenvalue weighted by atomic mass is 10.1. The molecule has 170 valence electrons. The first-order valence-corrected chi connectivity index (χ1v) is 12.6. The van der Waals surface area contributed by atoms with E-state index < -0.39 is 15.3 Å². The first-order valence-electron chi connectivity index (χ1n) is 10.7. The van der Waals surface area contributed by atoms with Gasteiger partial charge < -0.3 is 9.30 Å². The van der Waals surface area contributed by atoms with Crippen LogP contribution in [-0.2, 0) is 22.8 Å². The molecule has 1 aromatic heterocycles. The van der Waals surface area contributed by atoms with Gasteiger partial charge in [-0.05, 0) is 60.9 Å². The third-order valence-electron chi connectivity index (χ3n) is 5.56. The summed E-state index contributed by atoms with van der Waals surface area (Å²) in [5.74, 6) is 0.508. The Bertz CT molecular complexity index is 1470. The molecule has 1 heterocycles. The molecule has 0 fully saturated rings. The second kappa shape index (κ2) is 9.41. The Morgan fingerprint density at radius 3 is 2.36 bits per heavy atom. The quantitative estimate of drug-likeness (QED) is 0.349. The highest BCUT2D eigenvalue weighted by molar-refractivity contribution is 7.91. The maximum Gasteiger partial charge on any atom is 0.211 e. The molecule has 0 N–H and O–H groups in total. The van der Waals surface area contributed by atoms with E-state index in [1.165, 1.54) is 6.20 Å². The van der Waals surface area contributed by atoms with Crippen LogP contribution in [0.15, 0.2) is 87.5 Å². The predicted octanol–water partition coefficient (Wildman–Crippen LogP) is 5.50. The zero-order chi connectivity index (χ0) is 23.6. The standard InChI is InChI=1S/C26H24ClNO4S/c1-3-18-9-12-21(13-10-18)33(30,31)25-17-28(16-19-7-5-6-8-23(19)27)24-14-11-20(32-4-2)15-22(24)26(25)29/h5-15,17H,3-4,16H2,1-2H3. The molecule has 0 saturated heterocycles. The van der Waals surface area contributed by atoms with E-state index in [-0.39, 0.29) is 15.2 Å². The van der Waals surface area contributed by atoms with Crippen molar-refractivity contribution in [2.24, 2.45) is 0 Å². The van der Waals surface area contributed by atoms with Gasteiger partial charge in [-0.25, -0.2) is 8.42 Å². The van der Waals surface area contributed by atoms with Crippen molar-refractivity contribution in [1.29, 1.82) is 0 Å². The first-order chi connectivity index (χ1) is 15.8. The number of halogens is 1. The number of hydrogen-bond acceptors (Lipinski definition) is 4. The molecule has 0 atom stereocenters. The first kappa shape index (κ1) is 23.1. The normalized spacial score (nSPS) is 11.6. The van der Waals surface area contributed by atoms with E-state index in [0.717, 1.165) is 17.5 Å². The fourth-order valence-electron chi connectivity index (χ4n) is 3.77. The topological polar surface area (TPSA) is 65.4 Å². The smallest absolute Gasteiger partial charge is 0.211 e. The highest BCUT2D eigenvalue weighted by atomic mass is 35.5. The van der Waals surface area contributed by atoms with Crippen LogP contribution in [0.5, 0.6) is 5.75 Å². The number of ether oxygens (including phenoxy) is 1. The van der Waals surface area contributed by atoms with E-state index >= 15 is 0 Å². The van der Waals surface area contributed by atoms with E-state index in [1.807, 2.05) is 32.0 Å². The molecular weight excluding hydrogens is 458 g/mol. The van der Waals surface area contributed by atoms with E-state index in [9.17, 15) is 13.2 Å². The Kier molecular flexibility index (Phi) is 6.58. The number of aromatic nitrogens is 1. The summed E-state index contributed by atoms with van der Waals surface area (Å²) in [5.41, 5.74) is 1.88. The molecule has 0 spiro atoms. The van der Waals surface area contributed by atoms with Crippen LogP contribution in [0.25, 0.3) is 10.9 Å². The minimum Gasteiger partial charge on any atom is -0.494 e. The molecule has 7 heteroatoms. The minimum absolute atomic E-state index is 0.0846. The molecule has 3 aromatic carbocycles. The van der Waals surface area contributed by atoms with Crippen LogP contribution in [0.1, 0.15) is 25.0 Å². The number of rotatable bonds is 7. The third-order valence-corrected chi connectivity index (χ3v) is 7.69. The summed E-state index contributed by atoms with van der Waals surface area (Å²) in [4.78, 5) is 13.2. The summed E-state index contributed by atoms with van der Waals surface area (Å²) in [7, 11) is -4.04. The number of hydrogen-bond donors (Lipinski definition) is 0. The summed E-state index contributed by atoms with van der Waals surface area (Å²) in [5, 5.41) is 0.842.